The van der Waals surface area contributed by atoms with Gasteiger partial charge in [-0.25, -0.2) is 4.99 Å². The number of para-hydroxylation sites is 3. The van der Waals surface area contributed by atoms with Gasteiger partial charge in [-0.15, -0.1) is 0 Å². The van der Waals surface area contributed by atoms with E-state index in [9.17, 15) is 4.79 Å². The Morgan fingerprint density at radius 1 is 1.15 bits per heavy atom. The molecular formula is C20H20N2O3S. The van der Waals surface area contributed by atoms with Crippen LogP contribution in [0.4, 0.5) is 5.69 Å². The van der Waals surface area contributed by atoms with Crippen LogP contribution in [-0.4, -0.2) is 40.5 Å². The highest BCUT2D eigenvalue weighted by Gasteiger charge is 2.40. The first-order valence-electron chi connectivity index (χ1n) is 8.74. The third-order valence-corrected chi connectivity index (χ3v) is 5.55. The van der Waals surface area contributed by atoms with Crippen LogP contribution in [0.1, 0.15) is 13.3 Å². The fourth-order valence-corrected chi connectivity index (χ4v) is 4.32. The summed E-state index contributed by atoms with van der Waals surface area (Å²) in [6.45, 7) is 2.30. The third kappa shape index (κ3) is 3.29. The predicted octanol–water partition coefficient (Wildman–Crippen LogP) is 3.87. The molecule has 0 bridgehead atoms. The molecule has 0 aromatic heterocycles. The van der Waals surface area contributed by atoms with Crippen LogP contribution < -0.4 is 9.47 Å². The summed E-state index contributed by atoms with van der Waals surface area (Å²) in [5, 5.41) is 0.732. The number of ether oxygens (including phenoxy) is 2. The Bertz CT molecular complexity index is 825. The molecule has 4 rings (SSSR count). The molecule has 2 aliphatic heterocycles. The highest BCUT2D eigenvalue weighted by atomic mass is 32.2. The molecule has 0 spiro atoms. The van der Waals surface area contributed by atoms with Gasteiger partial charge in [0, 0.05) is 11.8 Å². The maximum atomic E-state index is 13.2. The molecule has 0 radical (unpaired) electrons. The summed E-state index contributed by atoms with van der Waals surface area (Å²) in [7, 11) is 0. The van der Waals surface area contributed by atoms with Crippen LogP contribution in [0.15, 0.2) is 59.6 Å². The van der Waals surface area contributed by atoms with E-state index in [1.54, 1.807) is 16.7 Å². The summed E-state index contributed by atoms with van der Waals surface area (Å²) in [6.07, 6.45) is 0.218. The van der Waals surface area contributed by atoms with Gasteiger partial charge in [-0.05, 0) is 30.7 Å². The Hall–Kier alpha value is -2.47. The number of rotatable bonds is 3. The summed E-state index contributed by atoms with van der Waals surface area (Å²) in [5.41, 5.74) is 0.843. The topological polar surface area (TPSA) is 51.1 Å². The second kappa shape index (κ2) is 7.41. The molecule has 5 nitrogen and oxygen atoms in total. The molecule has 0 N–H and O–H groups in total. The zero-order valence-corrected chi connectivity index (χ0v) is 15.3. The number of carbonyl (C=O) groups is 1. The van der Waals surface area contributed by atoms with E-state index in [1.165, 1.54) is 0 Å². The number of thioether (sulfide) groups is 1. The standard InChI is InChI=1S/C20H20N2O3S/c1-2-15-13-26-20(21-14-8-4-3-5-9-14)22(15)19(23)18-12-24-16-10-6-7-11-17(16)25-18/h3-11,15,18H,2,12-13H2,1H3/t15-,18-/m1/s1. The molecular weight excluding hydrogens is 348 g/mol. The van der Waals surface area contributed by atoms with Crippen LogP contribution in [0.25, 0.3) is 0 Å². The van der Waals surface area contributed by atoms with E-state index in [4.69, 9.17) is 9.47 Å². The molecule has 134 valence electrons. The molecule has 0 aliphatic carbocycles. The number of hydrogen-bond donors (Lipinski definition) is 0. The van der Waals surface area contributed by atoms with E-state index >= 15 is 0 Å². The van der Waals surface area contributed by atoms with Crippen molar-refractivity contribution in [3.63, 3.8) is 0 Å². The quantitative estimate of drug-likeness (QED) is 0.825. The third-order valence-electron chi connectivity index (χ3n) is 4.45. The van der Waals surface area contributed by atoms with Crippen molar-refractivity contribution in [1.82, 2.24) is 4.90 Å². The Morgan fingerprint density at radius 3 is 2.65 bits per heavy atom. The van der Waals surface area contributed by atoms with Crippen molar-refractivity contribution in [2.45, 2.75) is 25.5 Å². The van der Waals surface area contributed by atoms with Crippen molar-refractivity contribution in [3.8, 4) is 11.5 Å². The van der Waals surface area contributed by atoms with Gasteiger partial charge in [0.05, 0.1) is 5.69 Å². The van der Waals surface area contributed by atoms with Gasteiger partial charge in [0.2, 0.25) is 6.10 Å². The van der Waals surface area contributed by atoms with E-state index < -0.39 is 6.10 Å². The average Bonchev–Trinajstić information content (AvgIpc) is 3.10. The molecule has 2 heterocycles. The van der Waals surface area contributed by atoms with Gasteiger partial charge in [0.25, 0.3) is 5.91 Å². The lowest BCUT2D eigenvalue weighted by molar-refractivity contribution is -0.138. The Balaban J connectivity index is 1.59. The lowest BCUT2D eigenvalue weighted by atomic mass is 10.2. The van der Waals surface area contributed by atoms with E-state index in [1.807, 2.05) is 54.6 Å². The molecule has 1 fully saturated rings. The molecule has 0 saturated carbocycles. The molecule has 6 heteroatoms. The van der Waals surface area contributed by atoms with Crippen LogP contribution in [0.3, 0.4) is 0 Å². The van der Waals surface area contributed by atoms with Crippen LogP contribution in [0, 0.1) is 0 Å². The maximum Gasteiger partial charge on any atom is 0.273 e. The minimum Gasteiger partial charge on any atom is -0.485 e. The summed E-state index contributed by atoms with van der Waals surface area (Å²) >= 11 is 1.61. The van der Waals surface area contributed by atoms with Crippen LogP contribution in [-0.2, 0) is 4.79 Å². The van der Waals surface area contributed by atoms with E-state index in [-0.39, 0.29) is 18.6 Å². The molecule has 26 heavy (non-hydrogen) atoms. The number of amidine groups is 1. The first kappa shape index (κ1) is 17.0. The van der Waals surface area contributed by atoms with E-state index in [2.05, 4.69) is 11.9 Å². The van der Waals surface area contributed by atoms with Crippen LogP contribution in [0.2, 0.25) is 0 Å². The second-order valence-corrected chi connectivity index (χ2v) is 7.16. The van der Waals surface area contributed by atoms with Crippen molar-refractivity contribution in [3.05, 3.63) is 54.6 Å². The SMILES string of the molecule is CC[C@@H]1CSC(=Nc2ccccc2)N1C(=O)[C@H]1COc2ccccc2O1. The largest absolute Gasteiger partial charge is 0.485 e. The van der Waals surface area contributed by atoms with E-state index in [0.717, 1.165) is 23.0 Å². The minimum atomic E-state index is -0.654. The number of benzene rings is 2. The molecule has 2 aliphatic rings. The molecule has 0 unspecified atom stereocenters. The van der Waals surface area contributed by atoms with Gasteiger partial charge in [0.1, 0.15) is 6.61 Å². The van der Waals surface area contributed by atoms with E-state index in [0.29, 0.717) is 11.5 Å². The maximum absolute atomic E-state index is 13.2. The summed E-state index contributed by atoms with van der Waals surface area (Å²) in [6, 6.07) is 17.3. The summed E-state index contributed by atoms with van der Waals surface area (Å²) < 4.78 is 11.6. The first-order valence-corrected chi connectivity index (χ1v) is 9.73. The minimum absolute atomic E-state index is 0.0916. The fraction of sp³-hybridized carbons (Fsp3) is 0.300. The van der Waals surface area contributed by atoms with Crippen molar-refractivity contribution in [1.29, 1.82) is 0 Å². The number of hydrogen-bond acceptors (Lipinski definition) is 5. The lowest BCUT2D eigenvalue weighted by Gasteiger charge is -2.31. The molecule has 2 aromatic rings. The normalized spacial score (nSPS) is 23.3. The smallest absolute Gasteiger partial charge is 0.273 e. The monoisotopic (exact) mass is 368 g/mol. The average molecular weight is 368 g/mol. The zero-order valence-electron chi connectivity index (χ0n) is 14.5. The number of aliphatic imine (C=N–C) groups is 1. The van der Waals surface area contributed by atoms with Gasteiger partial charge in [0.15, 0.2) is 16.7 Å². The highest BCUT2D eigenvalue weighted by Crippen LogP contribution is 2.34. The summed E-state index contributed by atoms with van der Waals surface area (Å²) in [4.78, 5) is 19.7. The van der Waals surface area contributed by atoms with Gasteiger partial charge >= 0.3 is 0 Å². The molecule has 2 aromatic carbocycles. The highest BCUT2D eigenvalue weighted by molar-refractivity contribution is 8.14. The number of carbonyl (C=O) groups excluding carboxylic acids is 1. The lowest BCUT2D eigenvalue weighted by Crippen LogP contribution is -2.49. The second-order valence-electron chi connectivity index (χ2n) is 6.18. The van der Waals surface area contributed by atoms with Crippen molar-refractivity contribution < 1.29 is 14.3 Å². The number of nitrogens with zero attached hydrogens (tertiary/aromatic N) is 2. The Labute approximate surface area is 157 Å². The van der Waals surface area contributed by atoms with Crippen LogP contribution >= 0.6 is 11.8 Å². The van der Waals surface area contributed by atoms with Gasteiger partial charge < -0.3 is 9.47 Å². The Kier molecular flexibility index (Phi) is 4.84. The Morgan fingerprint density at radius 2 is 1.88 bits per heavy atom. The first-order chi connectivity index (χ1) is 12.8. The number of amides is 1. The number of fused-ring (bicyclic) bond motifs is 1. The van der Waals surface area contributed by atoms with Gasteiger partial charge in [-0.3, -0.25) is 9.69 Å². The summed E-state index contributed by atoms with van der Waals surface area (Å²) in [5.74, 6) is 2.04. The zero-order chi connectivity index (χ0) is 17.9. The molecule has 1 amide bonds. The molecule has 1 saturated heterocycles. The van der Waals surface area contributed by atoms with Gasteiger partial charge in [-0.2, -0.15) is 0 Å². The van der Waals surface area contributed by atoms with Crippen LogP contribution in [0.5, 0.6) is 11.5 Å². The van der Waals surface area contributed by atoms with Crippen molar-refractivity contribution in [2.75, 3.05) is 12.4 Å². The van der Waals surface area contributed by atoms with Gasteiger partial charge in [-0.1, -0.05) is 49.0 Å². The van der Waals surface area contributed by atoms with Crippen molar-refractivity contribution in [2.24, 2.45) is 4.99 Å². The van der Waals surface area contributed by atoms with Crippen molar-refractivity contribution >= 4 is 28.5 Å². The predicted molar refractivity (Wildman–Crippen MR) is 103 cm³/mol. The fourth-order valence-electron chi connectivity index (χ4n) is 3.04. The molecule has 2 atom stereocenters.